The molecule has 1 aliphatic rings. The minimum absolute atomic E-state index is 0.347. The zero-order valence-corrected chi connectivity index (χ0v) is 8.67. The van der Waals surface area contributed by atoms with E-state index in [2.05, 4.69) is 6.92 Å². The van der Waals surface area contributed by atoms with Gasteiger partial charge in [0.15, 0.2) is 0 Å². The second kappa shape index (κ2) is 6.39. The van der Waals surface area contributed by atoms with Gasteiger partial charge in [0.25, 0.3) is 0 Å². The van der Waals surface area contributed by atoms with Crippen LogP contribution in [0.3, 0.4) is 0 Å². The number of ether oxygens (including phenoxy) is 1. The van der Waals surface area contributed by atoms with Crippen molar-refractivity contribution in [2.24, 2.45) is 11.8 Å². The van der Waals surface area contributed by atoms with E-state index in [1.165, 1.54) is 25.7 Å². The zero-order valence-electron chi connectivity index (χ0n) is 8.67. The van der Waals surface area contributed by atoms with Crippen molar-refractivity contribution >= 4 is 0 Å². The summed E-state index contributed by atoms with van der Waals surface area (Å²) in [5.41, 5.74) is 0. The fourth-order valence-corrected chi connectivity index (χ4v) is 2.31. The van der Waals surface area contributed by atoms with Crippen molar-refractivity contribution in [3.05, 3.63) is 0 Å². The quantitative estimate of drug-likeness (QED) is 0.713. The van der Waals surface area contributed by atoms with Crippen LogP contribution in [0.5, 0.6) is 0 Å². The van der Waals surface area contributed by atoms with E-state index in [1.54, 1.807) is 0 Å². The van der Waals surface area contributed by atoms with Crippen LogP contribution >= 0.6 is 0 Å². The Labute approximate surface area is 81.3 Å². The maximum Gasteiger partial charge on any atom is 0.0468 e. The van der Waals surface area contributed by atoms with E-state index < -0.39 is 0 Å². The monoisotopic (exact) mass is 186 g/mol. The average molecular weight is 186 g/mol. The Morgan fingerprint density at radius 1 is 1.38 bits per heavy atom. The van der Waals surface area contributed by atoms with Gasteiger partial charge in [-0.15, -0.1) is 0 Å². The molecule has 2 heteroatoms. The van der Waals surface area contributed by atoms with Crippen molar-refractivity contribution in [1.82, 2.24) is 0 Å². The van der Waals surface area contributed by atoms with Crippen LogP contribution in [0.1, 0.15) is 39.0 Å². The van der Waals surface area contributed by atoms with E-state index >= 15 is 0 Å². The molecule has 1 aliphatic heterocycles. The van der Waals surface area contributed by atoms with Gasteiger partial charge in [0, 0.05) is 19.8 Å². The normalized spacial score (nSPS) is 21.7. The number of aliphatic hydroxyl groups excluding tert-OH is 1. The fourth-order valence-electron chi connectivity index (χ4n) is 2.31. The van der Waals surface area contributed by atoms with Gasteiger partial charge < -0.3 is 9.84 Å². The predicted octanol–water partition coefficient (Wildman–Crippen LogP) is 2.21. The largest absolute Gasteiger partial charge is 0.396 e. The van der Waals surface area contributed by atoms with Gasteiger partial charge in [-0.2, -0.15) is 0 Å². The van der Waals surface area contributed by atoms with Gasteiger partial charge in [-0.05, 0) is 37.5 Å². The van der Waals surface area contributed by atoms with E-state index in [0.717, 1.165) is 31.5 Å². The standard InChI is InChI=1S/C11H22O2/c1-2-10(4-3-7-12)11-5-8-13-9-6-11/h10-12H,2-9H2,1H3. The maximum atomic E-state index is 8.78. The van der Waals surface area contributed by atoms with E-state index in [0.29, 0.717) is 6.61 Å². The molecular weight excluding hydrogens is 164 g/mol. The highest BCUT2D eigenvalue weighted by Crippen LogP contribution is 2.29. The average Bonchev–Trinajstić information content (AvgIpc) is 2.21. The first-order valence-electron chi connectivity index (χ1n) is 5.57. The van der Waals surface area contributed by atoms with Crippen molar-refractivity contribution in [2.75, 3.05) is 19.8 Å². The summed E-state index contributed by atoms with van der Waals surface area (Å²) in [6.07, 6.45) is 5.87. The molecule has 1 fully saturated rings. The van der Waals surface area contributed by atoms with Crippen LogP contribution < -0.4 is 0 Å². The van der Waals surface area contributed by atoms with E-state index in [4.69, 9.17) is 9.84 Å². The molecule has 1 saturated heterocycles. The van der Waals surface area contributed by atoms with Crippen LogP contribution in [0.25, 0.3) is 0 Å². The van der Waals surface area contributed by atoms with Crippen molar-refractivity contribution in [2.45, 2.75) is 39.0 Å². The summed E-state index contributed by atoms with van der Waals surface area (Å²) in [5.74, 6) is 1.67. The third-order valence-corrected chi connectivity index (χ3v) is 3.19. The highest BCUT2D eigenvalue weighted by Gasteiger charge is 2.21. The highest BCUT2D eigenvalue weighted by molar-refractivity contribution is 4.71. The Morgan fingerprint density at radius 2 is 2.08 bits per heavy atom. The number of aliphatic hydroxyl groups is 1. The first-order chi connectivity index (χ1) is 6.38. The molecule has 1 heterocycles. The molecule has 0 amide bonds. The molecule has 0 radical (unpaired) electrons. The number of hydrogen-bond donors (Lipinski definition) is 1. The lowest BCUT2D eigenvalue weighted by atomic mass is 9.81. The van der Waals surface area contributed by atoms with Gasteiger partial charge in [-0.25, -0.2) is 0 Å². The molecule has 1 unspecified atom stereocenters. The van der Waals surface area contributed by atoms with Crippen LogP contribution in [-0.4, -0.2) is 24.9 Å². The summed E-state index contributed by atoms with van der Waals surface area (Å²) in [4.78, 5) is 0. The van der Waals surface area contributed by atoms with Crippen LogP contribution in [0, 0.1) is 11.8 Å². The first-order valence-corrected chi connectivity index (χ1v) is 5.57. The lowest BCUT2D eigenvalue weighted by Crippen LogP contribution is -2.23. The minimum atomic E-state index is 0.347. The molecule has 1 N–H and O–H groups in total. The van der Waals surface area contributed by atoms with Gasteiger partial charge in [0.2, 0.25) is 0 Å². The van der Waals surface area contributed by atoms with Crippen LogP contribution in [0.15, 0.2) is 0 Å². The van der Waals surface area contributed by atoms with Gasteiger partial charge >= 0.3 is 0 Å². The smallest absolute Gasteiger partial charge is 0.0468 e. The van der Waals surface area contributed by atoms with Gasteiger partial charge in [-0.1, -0.05) is 13.3 Å². The van der Waals surface area contributed by atoms with E-state index in [-0.39, 0.29) is 0 Å². The SMILES string of the molecule is CCC(CCCO)C1CCOCC1. The van der Waals surface area contributed by atoms with Crippen molar-refractivity contribution in [3.63, 3.8) is 0 Å². The Kier molecular flexibility index (Phi) is 5.40. The summed E-state index contributed by atoms with van der Waals surface area (Å²) in [6.45, 7) is 4.50. The summed E-state index contributed by atoms with van der Waals surface area (Å²) < 4.78 is 5.35. The molecular formula is C11H22O2. The first kappa shape index (κ1) is 11.0. The van der Waals surface area contributed by atoms with Crippen LogP contribution in [-0.2, 0) is 4.74 Å². The second-order valence-electron chi connectivity index (χ2n) is 3.98. The topological polar surface area (TPSA) is 29.5 Å². The second-order valence-corrected chi connectivity index (χ2v) is 3.98. The Bertz CT molecular complexity index is 119. The van der Waals surface area contributed by atoms with Gasteiger partial charge in [0.1, 0.15) is 0 Å². The molecule has 2 nitrogen and oxygen atoms in total. The predicted molar refractivity (Wildman–Crippen MR) is 53.6 cm³/mol. The molecule has 1 rings (SSSR count). The molecule has 0 bridgehead atoms. The highest BCUT2D eigenvalue weighted by atomic mass is 16.5. The zero-order chi connectivity index (χ0) is 9.52. The molecule has 1 atom stereocenters. The lowest BCUT2D eigenvalue weighted by Gasteiger charge is -2.29. The molecule has 0 spiro atoms. The Hall–Kier alpha value is -0.0800. The molecule has 0 aromatic carbocycles. The molecule has 0 aromatic heterocycles. The summed E-state index contributed by atoms with van der Waals surface area (Å²) in [7, 11) is 0. The summed E-state index contributed by atoms with van der Waals surface area (Å²) >= 11 is 0. The summed E-state index contributed by atoms with van der Waals surface area (Å²) in [5, 5.41) is 8.78. The Morgan fingerprint density at radius 3 is 2.62 bits per heavy atom. The van der Waals surface area contributed by atoms with Gasteiger partial charge in [0.05, 0.1) is 0 Å². The molecule has 0 saturated carbocycles. The van der Waals surface area contributed by atoms with Crippen LogP contribution in [0.4, 0.5) is 0 Å². The van der Waals surface area contributed by atoms with Crippen LogP contribution in [0.2, 0.25) is 0 Å². The van der Waals surface area contributed by atoms with Crippen molar-refractivity contribution < 1.29 is 9.84 Å². The van der Waals surface area contributed by atoms with Crippen molar-refractivity contribution in [3.8, 4) is 0 Å². The third-order valence-electron chi connectivity index (χ3n) is 3.19. The number of rotatable bonds is 5. The minimum Gasteiger partial charge on any atom is -0.396 e. The molecule has 0 aliphatic carbocycles. The number of hydrogen-bond acceptors (Lipinski definition) is 2. The van der Waals surface area contributed by atoms with E-state index in [9.17, 15) is 0 Å². The molecule has 13 heavy (non-hydrogen) atoms. The van der Waals surface area contributed by atoms with E-state index in [1.807, 2.05) is 0 Å². The Balaban J connectivity index is 2.26. The molecule has 0 aromatic rings. The summed E-state index contributed by atoms with van der Waals surface area (Å²) in [6, 6.07) is 0. The molecule has 78 valence electrons. The lowest BCUT2D eigenvalue weighted by molar-refractivity contribution is 0.0429. The third kappa shape index (κ3) is 3.65. The maximum absolute atomic E-state index is 8.78. The fraction of sp³-hybridized carbons (Fsp3) is 1.00. The van der Waals surface area contributed by atoms with Gasteiger partial charge in [-0.3, -0.25) is 0 Å². The van der Waals surface area contributed by atoms with Crippen molar-refractivity contribution in [1.29, 1.82) is 0 Å².